The fourth-order valence-corrected chi connectivity index (χ4v) is 1.68. The molecule has 110 valence electrons. The van der Waals surface area contributed by atoms with Gasteiger partial charge in [0.05, 0.1) is 18.5 Å². The van der Waals surface area contributed by atoms with E-state index in [0.29, 0.717) is 17.2 Å². The van der Waals surface area contributed by atoms with Gasteiger partial charge in [-0.05, 0) is 24.3 Å². The summed E-state index contributed by atoms with van der Waals surface area (Å²) in [6.07, 6.45) is 0. The maximum atomic E-state index is 13.4. The molecule has 0 aliphatic carbocycles. The van der Waals surface area contributed by atoms with Gasteiger partial charge < -0.3 is 20.5 Å². The predicted molar refractivity (Wildman–Crippen MR) is 77.9 cm³/mol. The first kappa shape index (κ1) is 14.6. The van der Waals surface area contributed by atoms with E-state index < -0.39 is 11.7 Å². The van der Waals surface area contributed by atoms with Crippen molar-refractivity contribution in [2.45, 2.75) is 0 Å². The molecule has 6 heteroatoms. The summed E-state index contributed by atoms with van der Waals surface area (Å²) in [5.41, 5.74) is 6.22. The van der Waals surface area contributed by atoms with Crippen molar-refractivity contribution in [3.05, 3.63) is 48.3 Å². The van der Waals surface area contributed by atoms with Gasteiger partial charge in [-0.3, -0.25) is 4.79 Å². The van der Waals surface area contributed by atoms with Crippen LogP contribution in [0, 0.1) is 5.82 Å². The Hall–Kier alpha value is -2.76. The van der Waals surface area contributed by atoms with Crippen molar-refractivity contribution in [3.63, 3.8) is 0 Å². The van der Waals surface area contributed by atoms with Gasteiger partial charge in [-0.25, -0.2) is 4.39 Å². The molecule has 0 aromatic heterocycles. The third-order valence-corrected chi connectivity index (χ3v) is 2.72. The summed E-state index contributed by atoms with van der Waals surface area (Å²) in [6.45, 7) is -0.273. The van der Waals surface area contributed by atoms with E-state index in [1.807, 2.05) is 0 Å². The van der Waals surface area contributed by atoms with E-state index in [2.05, 4.69) is 5.32 Å². The quantitative estimate of drug-likeness (QED) is 0.829. The van der Waals surface area contributed by atoms with Gasteiger partial charge in [0.25, 0.3) is 5.91 Å². The number of anilines is 2. The molecule has 0 bridgehead atoms. The number of nitrogens with two attached hydrogens (primary N) is 1. The largest absolute Gasteiger partial charge is 0.497 e. The van der Waals surface area contributed by atoms with Crippen LogP contribution < -0.4 is 20.5 Å². The van der Waals surface area contributed by atoms with E-state index in [-0.39, 0.29) is 12.3 Å². The molecule has 2 aromatic carbocycles. The molecular formula is C15H15FN2O3. The van der Waals surface area contributed by atoms with Gasteiger partial charge in [0.1, 0.15) is 17.3 Å². The normalized spacial score (nSPS) is 10.0. The number of carbonyl (C=O) groups excluding carboxylic acids is 1. The molecule has 0 unspecified atom stereocenters. The number of hydrogen-bond donors (Lipinski definition) is 2. The number of amides is 1. The molecular weight excluding hydrogens is 275 g/mol. The summed E-state index contributed by atoms with van der Waals surface area (Å²) < 4.78 is 23.7. The van der Waals surface area contributed by atoms with Crippen molar-refractivity contribution in [2.75, 3.05) is 24.8 Å². The molecule has 0 saturated heterocycles. The van der Waals surface area contributed by atoms with Crippen molar-refractivity contribution < 1.29 is 18.7 Å². The maximum absolute atomic E-state index is 13.4. The molecule has 2 aromatic rings. The number of hydrogen-bond acceptors (Lipinski definition) is 4. The maximum Gasteiger partial charge on any atom is 0.262 e. The number of rotatable bonds is 5. The Labute approximate surface area is 121 Å². The lowest BCUT2D eigenvalue weighted by Crippen LogP contribution is -2.21. The molecule has 0 atom stereocenters. The highest BCUT2D eigenvalue weighted by Crippen LogP contribution is 2.26. The van der Waals surface area contributed by atoms with Gasteiger partial charge >= 0.3 is 0 Å². The van der Waals surface area contributed by atoms with E-state index >= 15 is 0 Å². The fourth-order valence-electron chi connectivity index (χ4n) is 1.68. The topological polar surface area (TPSA) is 73.6 Å². The minimum Gasteiger partial charge on any atom is -0.497 e. The van der Waals surface area contributed by atoms with E-state index in [1.54, 1.807) is 30.3 Å². The SMILES string of the molecule is COc1ccc(OCC(=O)Nc2ccccc2F)c(N)c1. The predicted octanol–water partition coefficient (Wildman–Crippen LogP) is 2.43. The van der Waals surface area contributed by atoms with Crippen LogP contribution in [0.4, 0.5) is 15.8 Å². The van der Waals surface area contributed by atoms with E-state index in [0.717, 1.165) is 0 Å². The Morgan fingerprint density at radius 1 is 1.29 bits per heavy atom. The number of nitrogen functional groups attached to an aromatic ring is 1. The molecule has 2 rings (SSSR count). The molecule has 0 heterocycles. The fraction of sp³-hybridized carbons (Fsp3) is 0.133. The Morgan fingerprint density at radius 2 is 2.05 bits per heavy atom. The second-order valence-corrected chi connectivity index (χ2v) is 4.22. The second kappa shape index (κ2) is 6.60. The third kappa shape index (κ3) is 3.85. The molecule has 0 fully saturated rings. The minimum atomic E-state index is -0.505. The first-order chi connectivity index (χ1) is 10.1. The monoisotopic (exact) mass is 290 g/mol. The smallest absolute Gasteiger partial charge is 0.262 e. The Bertz CT molecular complexity index is 647. The second-order valence-electron chi connectivity index (χ2n) is 4.22. The first-order valence-corrected chi connectivity index (χ1v) is 6.21. The number of nitrogens with one attached hydrogen (secondary N) is 1. The number of halogens is 1. The van der Waals surface area contributed by atoms with Crippen LogP contribution in [0.25, 0.3) is 0 Å². The van der Waals surface area contributed by atoms with Crippen molar-refractivity contribution >= 4 is 17.3 Å². The Balaban J connectivity index is 1.94. The van der Waals surface area contributed by atoms with Gasteiger partial charge in [0, 0.05) is 6.07 Å². The van der Waals surface area contributed by atoms with Crippen LogP contribution in [-0.2, 0) is 4.79 Å². The van der Waals surface area contributed by atoms with Crippen LogP contribution in [0.2, 0.25) is 0 Å². The summed E-state index contributed by atoms with van der Waals surface area (Å²) >= 11 is 0. The molecule has 21 heavy (non-hydrogen) atoms. The number of para-hydroxylation sites is 1. The van der Waals surface area contributed by atoms with Gasteiger partial charge in [-0.2, -0.15) is 0 Å². The molecule has 0 spiro atoms. The summed E-state index contributed by atoms with van der Waals surface area (Å²) in [4.78, 5) is 11.7. The van der Waals surface area contributed by atoms with Gasteiger partial charge in [0.15, 0.2) is 6.61 Å². The van der Waals surface area contributed by atoms with Gasteiger partial charge in [-0.1, -0.05) is 12.1 Å². The number of benzene rings is 2. The summed E-state index contributed by atoms with van der Waals surface area (Å²) in [6, 6.07) is 10.8. The molecule has 5 nitrogen and oxygen atoms in total. The van der Waals surface area contributed by atoms with E-state index in [1.165, 1.54) is 19.2 Å². The zero-order valence-corrected chi connectivity index (χ0v) is 11.4. The average Bonchev–Trinajstić information content (AvgIpc) is 2.48. The first-order valence-electron chi connectivity index (χ1n) is 6.21. The standard InChI is InChI=1S/C15H15FN2O3/c1-20-10-6-7-14(12(17)8-10)21-9-15(19)18-13-5-3-2-4-11(13)16/h2-8H,9,17H2,1H3,(H,18,19). The van der Waals surface area contributed by atoms with Crippen LogP contribution >= 0.6 is 0 Å². The molecule has 0 aliphatic rings. The van der Waals surface area contributed by atoms with Gasteiger partial charge in [0.2, 0.25) is 0 Å². The van der Waals surface area contributed by atoms with Crippen LogP contribution in [0.1, 0.15) is 0 Å². The van der Waals surface area contributed by atoms with E-state index in [9.17, 15) is 9.18 Å². The van der Waals surface area contributed by atoms with Gasteiger partial charge in [-0.15, -0.1) is 0 Å². The Kier molecular flexibility index (Phi) is 4.61. The lowest BCUT2D eigenvalue weighted by Gasteiger charge is -2.10. The molecule has 1 amide bonds. The average molecular weight is 290 g/mol. The zero-order chi connectivity index (χ0) is 15.2. The molecule has 0 saturated carbocycles. The third-order valence-electron chi connectivity index (χ3n) is 2.72. The minimum absolute atomic E-state index is 0.105. The summed E-state index contributed by atoms with van der Waals surface area (Å²) in [7, 11) is 1.52. The Morgan fingerprint density at radius 3 is 2.71 bits per heavy atom. The lowest BCUT2D eigenvalue weighted by molar-refractivity contribution is -0.118. The number of ether oxygens (including phenoxy) is 2. The van der Waals surface area contributed by atoms with Crippen molar-refractivity contribution in [1.82, 2.24) is 0 Å². The molecule has 0 radical (unpaired) electrons. The molecule has 3 N–H and O–H groups in total. The van der Waals surface area contributed by atoms with Crippen molar-refractivity contribution in [2.24, 2.45) is 0 Å². The van der Waals surface area contributed by atoms with E-state index in [4.69, 9.17) is 15.2 Å². The summed E-state index contributed by atoms with van der Waals surface area (Å²) in [5.74, 6) is -0.0275. The van der Waals surface area contributed by atoms with Crippen molar-refractivity contribution in [1.29, 1.82) is 0 Å². The highest BCUT2D eigenvalue weighted by atomic mass is 19.1. The van der Waals surface area contributed by atoms with Crippen molar-refractivity contribution in [3.8, 4) is 11.5 Å². The zero-order valence-electron chi connectivity index (χ0n) is 11.4. The van der Waals surface area contributed by atoms with Crippen LogP contribution in [0.15, 0.2) is 42.5 Å². The highest BCUT2D eigenvalue weighted by molar-refractivity contribution is 5.92. The van der Waals surface area contributed by atoms with Crippen LogP contribution in [-0.4, -0.2) is 19.6 Å². The molecule has 0 aliphatic heterocycles. The highest BCUT2D eigenvalue weighted by Gasteiger charge is 2.09. The number of carbonyl (C=O) groups is 1. The lowest BCUT2D eigenvalue weighted by atomic mass is 10.3. The number of methoxy groups -OCH3 is 1. The van der Waals surface area contributed by atoms with Crippen LogP contribution in [0.5, 0.6) is 11.5 Å². The van der Waals surface area contributed by atoms with Crippen LogP contribution in [0.3, 0.4) is 0 Å². The summed E-state index contributed by atoms with van der Waals surface area (Å²) in [5, 5.41) is 2.42.